The van der Waals surface area contributed by atoms with Gasteiger partial charge in [-0.2, -0.15) is 0 Å². The van der Waals surface area contributed by atoms with E-state index >= 15 is 0 Å². The van der Waals surface area contributed by atoms with Gasteiger partial charge in [-0.25, -0.2) is 9.59 Å². The lowest BCUT2D eigenvalue weighted by molar-refractivity contribution is -0.149. The molecule has 0 unspecified atom stereocenters. The number of benzene rings is 1. The first-order valence-electron chi connectivity index (χ1n) is 9.92. The average Bonchev–Trinajstić information content (AvgIpc) is 2.75. The van der Waals surface area contributed by atoms with Crippen molar-refractivity contribution in [1.82, 2.24) is 16.0 Å². The number of alkyl carbamates (subject to hydrolysis) is 1. The quantitative estimate of drug-likeness (QED) is 0.355. The Hall–Kier alpha value is -3.63. The van der Waals surface area contributed by atoms with E-state index in [1.54, 1.807) is 38.1 Å². The summed E-state index contributed by atoms with van der Waals surface area (Å²) in [5.74, 6) is -4.04. The van der Waals surface area contributed by atoms with Gasteiger partial charge in [-0.15, -0.1) is 0 Å². The molecule has 3 atom stereocenters. The minimum Gasteiger partial charge on any atom is -0.480 e. The van der Waals surface area contributed by atoms with Crippen LogP contribution < -0.4 is 16.0 Å². The van der Waals surface area contributed by atoms with Gasteiger partial charge in [-0.05, 0) is 18.4 Å². The smallest absolute Gasteiger partial charge is 0.408 e. The first kappa shape index (κ1) is 26.4. The molecule has 176 valence electrons. The van der Waals surface area contributed by atoms with E-state index in [1.165, 1.54) is 6.92 Å². The molecule has 3 amide bonds. The topological polar surface area (TPSA) is 160 Å². The fourth-order valence-corrected chi connectivity index (χ4v) is 2.54. The second kappa shape index (κ2) is 12.9. The molecule has 1 aromatic carbocycles. The van der Waals surface area contributed by atoms with Crippen LogP contribution in [0.25, 0.3) is 0 Å². The van der Waals surface area contributed by atoms with Crippen LogP contribution in [0.5, 0.6) is 0 Å². The maximum absolute atomic E-state index is 12.6. The van der Waals surface area contributed by atoms with Crippen molar-refractivity contribution in [1.29, 1.82) is 0 Å². The summed E-state index contributed by atoms with van der Waals surface area (Å²) in [4.78, 5) is 59.5. The standard InChI is InChI=1S/C21H29N3O8/c1-12(2)17(24-21(30)32-11-14-8-6-5-7-9-14)19(27)22-13(3)18(26)23-15(20(28)29)10-16(25)31-4/h5-9,12-13,15,17H,10-11H2,1-4H3,(H,22,27)(H,23,26)(H,24,30)(H,28,29)/t13-,15-,17-/m0/s1. The predicted octanol–water partition coefficient (Wildman–Crippen LogP) is 0.575. The van der Waals surface area contributed by atoms with Crippen LogP contribution in [-0.2, 0) is 35.3 Å². The number of rotatable bonds is 11. The molecule has 0 spiro atoms. The van der Waals surface area contributed by atoms with E-state index in [1.807, 2.05) is 6.07 Å². The van der Waals surface area contributed by atoms with Crippen LogP contribution in [0.3, 0.4) is 0 Å². The normalized spacial score (nSPS) is 13.3. The molecule has 0 fully saturated rings. The monoisotopic (exact) mass is 451 g/mol. The first-order chi connectivity index (χ1) is 15.0. The number of nitrogens with one attached hydrogen (secondary N) is 3. The Kier molecular flexibility index (Phi) is 10.7. The van der Waals surface area contributed by atoms with Gasteiger partial charge in [-0.3, -0.25) is 14.4 Å². The van der Waals surface area contributed by atoms with E-state index in [0.717, 1.165) is 12.7 Å². The van der Waals surface area contributed by atoms with E-state index in [0.29, 0.717) is 0 Å². The maximum atomic E-state index is 12.6. The Morgan fingerprint density at radius 3 is 2.09 bits per heavy atom. The average molecular weight is 451 g/mol. The molecule has 0 aliphatic rings. The molecule has 0 bridgehead atoms. The summed E-state index contributed by atoms with van der Waals surface area (Å²) >= 11 is 0. The van der Waals surface area contributed by atoms with Gasteiger partial charge in [0.05, 0.1) is 13.5 Å². The summed E-state index contributed by atoms with van der Waals surface area (Å²) < 4.78 is 9.52. The number of esters is 1. The Morgan fingerprint density at radius 1 is 0.938 bits per heavy atom. The molecule has 0 heterocycles. The summed E-state index contributed by atoms with van der Waals surface area (Å²) in [6.45, 7) is 4.76. The molecule has 32 heavy (non-hydrogen) atoms. The number of methoxy groups -OCH3 is 1. The first-order valence-corrected chi connectivity index (χ1v) is 9.92. The van der Waals surface area contributed by atoms with Crippen LogP contribution in [0.4, 0.5) is 4.79 Å². The second-order valence-corrected chi connectivity index (χ2v) is 7.34. The van der Waals surface area contributed by atoms with Crippen molar-refractivity contribution in [3.8, 4) is 0 Å². The lowest BCUT2D eigenvalue weighted by atomic mass is 10.0. The highest BCUT2D eigenvalue weighted by molar-refractivity contribution is 5.93. The largest absolute Gasteiger partial charge is 0.480 e. The zero-order chi connectivity index (χ0) is 24.3. The minimum absolute atomic E-state index is 0.0225. The molecule has 0 aliphatic carbocycles. The summed E-state index contributed by atoms with van der Waals surface area (Å²) in [6.07, 6.45) is -1.37. The summed E-state index contributed by atoms with van der Waals surface area (Å²) in [6, 6.07) is 5.34. The molecular formula is C21H29N3O8. The lowest BCUT2D eigenvalue weighted by Gasteiger charge is -2.24. The summed E-state index contributed by atoms with van der Waals surface area (Å²) in [5.41, 5.74) is 0.776. The van der Waals surface area contributed by atoms with Crippen LogP contribution in [0.15, 0.2) is 30.3 Å². The molecule has 0 aliphatic heterocycles. The number of hydrogen-bond acceptors (Lipinski definition) is 7. The van der Waals surface area contributed by atoms with Crippen LogP contribution in [0.2, 0.25) is 0 Å². The number of hydrogen-bond donors (Lipinski definition) is 4. The van der Waals surface area contributed by atoms with Gasteiger partial charge in [-0.1, -0.05) is 44.2 Å². The number of carbonyl (C=O) groups excluding carboxylic acids is 4. The number of carboxylic acids is 1. The fourth-order valence-electron chi connectivity index (χ4n) is 2.54. The number of amides is 3. The molecule has 0 saturated carbocycles. The lowest BCUT2D eigenvalue weighted by Crippen LogP contribution is -2.56. The van der Waals surface area contributed by atoms with E-state index < -0.39 is 54.4 Å². The van der Waals surface area contributed by atoms with Crippen molar-refractivity contribution >= 4 is 29.8 Å². The van der Waals surface area contributed by atoms with Gasteiger partial charge in [0.1, 0.15) is 24.7 Å². The minimum atomic E-state index is -1.51. The highest BCUT2D eigenvalue weighted by Crippen LogP contribution is 2.05. The van der Waals surface area contributed by atoms with E-state index in [4.69, 9.17) is 9.84 Å². The highest BCUT2D eigenvalue weighted by Gasteiger charge is 2.30. The number of ether oxygens (including phenoxy) is 2. The molecule has 11 heteroatoms. The summed E-state index contributed by atoms with van der Waals surface area (Å²) in [7, 11) is 1.09. The maximum Gasteiger partial charge on any atom is 0.408 e. The molecule has 1 rings (SSSR count). The number of carboxylic acid groups (broad SMARTS) is 1. The fraction of sp³-hybridized carbons (Fsp3) is 0.476. The summed E-state index contributed by atoms with van der Waals surface area (Å²) in [5, 5.41) is 16.2. The third-order valence-corrected chi connectivity index (χ3v) is 4.40. The Bertz CT molecular complexity index is 813. The van der Waals surface area contributed by atoms with Crippen molar-refractivity contribution in [2.45, 2.75) is 51.9 Å². The second-order valence-electron chi connectivity index (χ2n) is 7.34. The molecule has 11 nitrogen and oxygen atoms in total. The van der Waals surface area contributed by atoms with Gasteiger partial charge < -0.3 is 30.5 Å². The van der Waals surface area contributed by atoms with Gasteiger partial charge in [0, 0.05) is 0 Å². The SMILES string of the molecule is COC(=O)C[C@H](NC(=O)[C@H](C)NC(=O)[C@@H](NC(=O)OCc1ccccc1)C(C)C)C(=O)O. The highest BCUT2D eigenvalue weighted by atomic mass is 16.5. The molecular weight excluding hydrogens is 422 g/mol. The van der Waals surface area contributed by atoms with Crippen LogP contribution >= 0.6 is 0 Å². The Labute approximate surface area is 185 Å². The number of carbonyl (C=O) groups is 5. The van der Waals surface area contributed by atoms with Gasteiger partial charge in [0.15, 0.2) is 0 Å². The van der Waals surface area contributed by atoms with Crippen LogP contribution in [0, 0.1) is 5.92 Å². The zero-order valence-corrected chi connectivity index (χ0v) is 18.4. The van der Waals surface area contributed by atoms with Crippen molar-refractivity contribution < 1.29 is 38.6 Å². The van der Waals surface area contributed by atoms with E-state index in [2.05, 4.69) is 20.7 Å². The molecule has 0 radical (unpaired) electrons. The van der Waals surface area contributed by atoms with E-state index in [-0.39, 0.29) is 12.5 Å². The number of aliphatic carboxylic acids is 1. The van der Waals surface area contributed by atoms with Gasteiger partial charge in [0.25, 0.3) is 0 Å². The molecule has 4 N–H and O–H groups in total. The predicted molar refractivity (Wildman–Crippen MR) is 112 cm³/mol. The van der Waals surface area contributed by atoms with Crippen molar-refractivity contribution in [3.05, 3.63) is 35.9 Å². The third-order valence-electron chi connectivity index (χ3n) is 4.40. The van der Waals surface area contributed by atoms with Crippen molar-refractivity contribution in [2.75, 3.05) is 7.11 Å². The van der Waals surface area contributed by atoms with Crippen molar-refractivity contribution in [2.24, 2.45) is 5.92 Å². The van der Waals surface area contributed by atoms with Gasteiger partial charge >= 0.3 is 18.0 Å². The van der Waals surface area contributed by atoms with Crippen LogP contribution in [0.1, 0.15) is 32.8 Å². The Balaban J connectivity index is 2.65. The third kappa shape index (κ3) is 9.02. The molecule has 1 aromatic rings. The van der Waals surface area contributed by atoms with Gasteiger partial charge in [0.2, 0.25) is 11.8 Å². The van der Waals surface area contributed by atoms with Crippen LogP contribution in [-0.4, -0.2) is 60.2 Å². The van der Waals surface area contributed by atoms with Crippen molar-refractivity contribution in [3.63, 3.8) is 0 Å². The zero-order valence-electron chi connectivity index (χ0n) is 18.4. The Morgan fingerprint density at radius 2 is 1.56 bits per heavy atom. The van der Waals surface area contributed by atoms with E-state index in [9.17, 15) is 24.0 Å². The molecule has 0 saturated heterocycles. The molecule has 0 aromatic heterocycles.